The number of aromatic nitrogens is 2. The Hall–Kier alpha value is -1.01. The molecule has 0 aliphatic rings. The smallest absolute Gasteiger partial charge is 0.341 e. The van der Waals surface area contributed by atoms with Gasteiger partial charge in [0.1, 0.15) is 0 Å². The van der Waals surface area contributed by atoms with E-state index in [-0.39, 0.29) is 17.4 Å². The minimum absolute atomic E-state index is 0.0727. The molecule has 5 nitrogen and oxygen atoms in total. The summed E-state index contributed by atoms with van der Waals surface area (Å²) in [4.78, 5) is 11.3. The number of carbonyl (C=O) groups is 1. The molecule has 2 unspecified atom stereocenters. The van der Waals surface area contributed by atoms with Crippen molar-refractivity contribution in [2.24, 2.45) is 5.73 Å². The van der Waals surface area contributed by atoms with E-state index in [2.05, 4.69) is 17.7 Å². The van der Waals surface area contributed by atoms with Gasteiger partial charge in [-0.25, -0.2) is 4.79 Å². The van der Waals surface area contributed by atoms with E-state index < -0.39 is 0 Å². The summed E-state index contributed by atoms with van der Waals surface area (Å²) in [5.74, 6) is -0.372. The van der Waals surface area contributed by atoms with Crippen LogP contribution in [0.25, 0.3) is 0 Å². The van der Waals surface area contributed by atoms with Gasteiger partial charge in [0, 0.05) is 6.20 Å². The van der Waals surface area contributed by atoms with Crippen molar-refractivity contribution < 1.29 is 9.53 Å². The van der Waals surface area contributed by atoms with Crippen molar-refractivity contribution in [2.45, 2.75) is 25.3 Å². The number of rotatable bonds is 4. The van der Waals surface area contributed by atoms with Gasteiger partial charge in [-0.1, -0.05) is 0 Å². The second-order valence-electron chi connectivity index (χ2n) is 3.16. The van der Waals surface area contributed by atoms with Crippen molar-refractivity contribution in [3.05, 3.63) is 18.0 Å². The molecule has 1 heterocycles. The molecule has 0 fully saturated rings. The standard InChI is InChI=1S/C9H15N3O2S/c1-3-14-9(13)7-4-11-12(5-7)6(2)8(10)15/h4-6,8,15H,3,10H2,1-2H3. The monoisotopic (exact) mass is 229 g/mol. The molecular weight excluding hydrogens is 214 g/mol. The lowest BCUT2D eigenvalue weighted by Crippen LogP contribution is -2.25. The Balaban J connectivity index is 2.76. The molecule has 84 valence electrons. The van der Waals surface area contributed by atoms with E-state index in [1.165, 1.54) is 6.20 Å². The lowest BCUT2D eigenvalue weighted by Gasteiger charge is -2.14. The summed E-state index contributed by atoms with van der Waals surface area (Å²) in [5.41, 5.74) is 6.03. The van der Waals surface area contributed by atoms with E-state index in [4.69, 9.17) is 10.5 Å². The zero-order valence-corrected chi connectivity index (χ0v) is 9.65. The van der Waals surface area contributed by atoms with Crippen molar-refractivity contribution >= 4 is 18.6 Å². The Bertz CT molecular complexity index is 338. The van der Waals surface area contributed by atoms with E-state index >= 15 is 0 Å². The summed E-state index contributed by atoms with van der Waals surface area (Å²) >= 11 is 4.11. The highest BCUT2D eigenvalue weighted by Gasteiger charge is 2.15. The lowest BCUT2D eigenvalue weighted by atomic mass is 10.3. The largest absolute Gasteiger partial charge is 0.462 e. The molecule has 2 atom stereocenters. The summed E-state index contributed by atoms with van der Waals surface area (Å²) < 4.78 is 6.44. The quantitative estimate of drug-likeness (QED) is 0.456. The molecule has 1 aromatic heterocycles. The minimum Gasteiger partial charge on any atom is -0.462 e. The van der Waals surface area contributed by atoms with Crippen molar-refractivity contribution in [3.8, 4) is 0 Å². The molecule has 0 radical (unpaired) electrons. The van der Waals surface area contributed by atoms with Crippen molar-refractivity contribution in [2.75, 3.05) is 6.61 Å². The number of nitrogens with zero attached hydrogens (tertiary/aromatic N) is 2. The lowest BCUT2D eigenvalue weighted by molar-refractivity contribution is 0.0526. The van der Waals surface area contributed by atoms with Crippen LogP contribution < -0.4 is 5.73 Å². The molecule has 2 N–H and O–H groups in total. The predicted octanol–water partition coefficient (Wildman–Crippen LogP) is 0.835. The van der Waals surface area contributed by atoms with Crippen LogP contribution in [0.2, 0.25) is 0 Å². The molecule has 0 amide bonds. The number of esters is 1. The van der Waals surface area contributed by atoms with Crippen LogP contribution in [0.5, 0.6) is 0 Å². The second-order valence-corrected chi connectivity index (χ2v) is 3.76. The molecule has 0 aliphatic carbocycles. The highest BCUT2D eigenvalue weighted by molar-refractivity contribution is 7.80. The third kappa shape index (κ3) is 2.97. The molecule has 1 aromatic rings. The fraction of sp³-hybridized carbons (Fsp3) is 0.556. The molecule has 0 aliphatic heterocycles. The van der Waals surface area contributed by atoms with E-state index in [1.807, 2.05) is 6.92 Å². The summed E-state index contributed by atoms with van der Waals surface area (Å²) in [5, 5.41) is 3.71. The second kappa shape index (κ2) is 5.18. The van der Waals surface area contributed by atoms with Gasteiger partial charge in [-0.2, -0.15) is 17.7 Å². The third-order valence-corrected chi connectivity index (χ3v) is 2.46. The van der Waals surface area contributed by atoms with Crippen molar-refractivity contribution in [1.29, 1.82) is 0 Å². The first-order valence-corrected chi connectivity index (χ1v) is 5.22. The van der Waals surface area contributed by atoms with Crippen LogP contribution >= 0.6 is 12.6 Å². The highest BCUT2D eigenvalue weighted by Crippen LogP contribution is 2.12. The van der Waals surface area contributed by atoms with Crippen LogP contribution in [0.15, 0.2) is 12.4 Å². The zero-order valence-electron chi connectivity index (χ0n) is 8.75. The number of hydrogen-bond donors (Lipinski definition) is 2. The maximum absolute atomic E-state index is 11.3. The van der Waals surface area contributed by atoms with Crippen molar-refractivity contribution in [1.82, 2.24) is 9.78 Å². The molecule has 1 rings (SSSR count). The van der Waals surface area contributed by atoms with Gasteiger partial charge in [0.05, 0.1) is 29.8 Å². The van der Waals surface area contributed by atoms with Gasteiger partial charge in [0.15, 0.2) is 0 Å². The van der Waals surface area contributed by atoms with E-state index in [9.17, 15) is 4.79 Å². The molecule has 0 spiro atoms. The number of nitrogens with two attached hydrogens (primary N) is 1. The van der Waals surface area contributed by atoms with Crippen LogP contribution in [0, 0.1) is 0 Å². The number of carbonyl (C=O) groups excluding carboxylic acids is 1. The first-order valence-electron chi connectivity index (χ1n) is 4.71. The van der Waals surface area contributed by atoms with Gasteiger partial charge in [-0.05, 0) is 13.8 Å². The topological polar surface area (TPSA) is 70.1 Å². The van der Waals surface area contributed by atoms with Gasteiger partial charge in [-0.3, -0.25) is 4.68 Å². The minimum atomic E-state index is -0.372. The molecule has 0 aromatic carbocycles. The molecule has 0 saturated heterocycles. The first-order chi connectivity index (χ1) is 7.06. The number of ether oxygens (including phenoxy) is 1. The molecule has 0 bridgehead atoms. The van der Waals surface area contributed by atoms with Crippen LogP contribution in [0.3, 0.4) is 0 Å². The Labute approximate surface area is 94.0 Å². The molecule has 0 saturated carbocycles. The molecule has 15 heavy (non-hydrogen) atoms. The van der Waals surface area contributed by atoms with E-state index in [1.54, 1.807) is 17.8 Å². The SMILES string of the molecule is CCOC(=O)c1cnn(C(C)C(N)S)c1. The number of hydrogen-bond acceptors (Lipinski definition) is 5. The van der Waals surface area contributed by atoms with Crippen LogP contribution in [0.1, 0.15) is 30.2 Å². The highest BCUT2D eigenvalue weighted by atomic mass is 32.1. The van der Waals surface area contributed by atoms with Gasteiger partial charge in [-0.15, -0.1) is 0 Å². The van der Waals surface area contributed by atoms with Gasteiger partial charge in [0.25, 0.3) is 0 Å². The van der Waals surface area contributed by atoms with Crippen molar-refractivity contribution in [3.63, 3.8) is 0 Å². The summed E-state index contributed by atoms with van der Waals surface area (Å²) in [7, 11) is 0. The van der Waals surface area contributed by atoms with Gasteiger partial charge in [0.2, 0.25) is 0 Å². The normalized spacial score (nSPS) is 14.7. The number of thiol groups is 1. The molecule has 6 heteroatoms. The van der Waals surface area contributed by atoms with Crippen LogP contribution in [-0.2, 0) is 4.74 Å². The maximum atomic E-state index is 11.3. The third-order valence-electron chi connectivity index (χ3n) is 2.02. The Morgan fingerprint density at radius 1 is 1.80 bits per heavy atom. The Kier molecular flexibility index (Phi) is 4.16. The first kappa shape index (κ1) is 12.1. The predicted molar refractivity (Wildman–Crippen MR) is 59.9 cm³/mol. The summed E-state index contributed by atoms with van der Waals surface area (Å²) in [6.45, 7) is 3.99. The summed E-state index contributed by atoms with van der Waals surface area (Å²) in [6.07, 6.45) is 3.07. The fourth-order valence-corrected chi connectivity index (χ4v) is 1.17. The Morgan fingerprint density at radius 2 is 2.47 bits per heavy atom. The average molecular weight is 229 g/mol. The van der Waals surface area contributed by atoms with Crippen LogP contribution in [0.4, 0.5) is 0 Å². The summed E-state index contributed by atoms with van der Waals surface area (Å²) in [6, 6.07) is -0.0727. The van der Waals surface area contributed by atoms with E-state index in [0.29, 0.717) is 12.2 Å². The van der Waals surface area contributed by atoms with Gasteiger partial charge >= 0.3 is 5.97 Å². The maximum Gasteiger partial charge on any atom is 0.341 e. The van der Waals surface area contributed by atoms with Crippen LogP contribution in [-0.4, -0.2) is 27.7 Å². The van der Waals surface area contributed by atoms with E-state index in [0.717, 1.165) is 0 Å². The fourth-order valence-electron chi connectivity index (χ4n) is 1.04. The Morgan fingerprint density at radius 3 is 3.00 bits per heavy atom. The average Bonchev–Trinajstić information content (AvgIpc) is 2.65. The van der Waals surface area contributed by atoms with Gasteiger partial charge < -0.3 is 10.5 Å². The molecular formula is C9H15N3O2S. The zero-order chi connectivity index (χ0) is 11.4.